The monoisotopic (exact) mass is 170 g/mol. The zero-order valence-corrected chi connectivity index (χ0v) is 7.25. The first-order valence-electron chi connectivity index (χ1n) is 4.33. The number of amides is 1. The van der Waals surface area contributed by atoms with E-state index in [1.165, 1.54) is 0 Å². The molecule has 0 radical (unpaired) electrons. The number of piperazine rings is 1. The van der Waals surface area contributed by atoms with Crippen molar-refractivity contribution in [2.45, 2.75) is 18.5 Å². The summed E-state index contributed by atoms with van der Waals surface area (Å²) in [6.45, 7) is 2.05. The van der Waals surface area contributed by atoms with E-state index >= 15 is 0 Å². The highest BCUT2D eigenvalue weighted by Crippen LogP contribution is 2.22. The number of rotatable bonds is 2. The van der Waals surface area contributed by atoms with Crippen LogP contribution < -0.4 is 5.32 Å². The van der Waals surface area contributed by atoms with Gasteiger partial charge in [-0.25, -0.2) is 0 Å². The van der Waals surface area contributed by atoms with Crippen LogP contribution >= 0.6 is 0 Å². The smallest absolute Gasteiger partial charge is 0.248 e. The summed E-state index contributed by atoms with van der Waals surface area (Å²) in [4.78, 5) is 13.3. The Morgan fingerprint density at radius 3 is 3.08 bits per heavy atom. The Bertz CT molecular complexity index is 195. The molecule has 2 rings (SSSR count). The van der Waals surface area contributed by atoms with Crippen molar-refractivity contribution in [3.8, 4) is 0 Å². The van der Waals surface area contributed by atoms with Gasteiger partial charge in [0.1, 0.15) is 6.61 Å². The molecule has 2 aliphatic rings. The van der Waals surface area contributed by atoms with E-state index < -0.39 is 0 Å². The molecule has 1 N–H and O–H groups in total. The summed E-state index contributed by atoms with van der Waals surface area (Å²) in [5, 5.41) is 3.35. The van der Waals surface area contributed by atoms with E-state index in [0.717, 1.165) is 19.5 Å². The second-order valence-corrected chi connectivity index (χ2v) is 3.47. The van der Waals surface area contributed by atoms with Crippen molar-refractivity contribution in [3.63, 3.8) is 0 Å². The Labute approximate surface area is 71.9 Å². The maximum atomic E-state index is 11.4. The van der Waals surface area contributed by atoms with Crippen LogP contribution in [-0.2, 0) is 9.53 Å². The second-order valence-electron chi connectivity index (χ2n) is 3.47. The number of methoxy groups -OCH3 is 1. The number of ether oxygens (including phenoxy) is 1. The molecule has 2 saturated heterocycles. The topological polar surface area (TPSA) is 41.6 Å². The molecule has 2 atom stereocenters. The van der Waals surface area contributed by atoms with Gasteiger partial charge in [0, 0.05) is 32.3 Å². The van der Waals surface area contributed by atoms with Gasteiger partial charge >= 0.3 is 0 Å². The van der Waals surface area contributed by atoms with Crippen LogP contribution in [-0.4, -0.2) is 49.7 Å². The molecule has 1 amide bonds. The molecular weight excluding hydrogens is 156 g/mol. The van der Waals surface area contributed by atoms with Gasteiger partial charge in [-0.3, -0.25) is 4.79 Å². The number of hydrogen-bond donors (Lipinski definition) is 1. The number of carbonyl (C=O) groups excluding carboxylic acids is 1. The van der Waals surface area contributed by atoms with Gasteiger partial charge in [-0.15, -0.1) is 0 Å². The SMILES string of the molecule is COCC(=O)N1CC2CC1CN2. The van der Waals surface area contributed by atoms with Crippen LogP contribution in [0.15, 0.2) is 0 Å². The highest BCUT2D eigenvalue weighted by Gasteiger charge is 2.39. The fourth-order valence-electron chi connectivity index (χ4n) is 2.07. The van der Waals surface area contributed by atoms with E-state index in [0.29, 0.717) is 12.1 Å². The molecule has 0 aromatic rings. The van der Waals surface area contributed by atoms with Gasteiger partial charge in [-0.1, -0.05) is 0 Å². The molecule has 0 aromatic carbocycles. The van der Waals surface area contributed by atoms with Gasteiger partial charge in [0.15, 0.2) is 0 Å². The molecule has 4 heteroatoms. The van der Waals surface area contributed by atoms with E-state index in [9.17, 15) is 4.79 Å². The lowest BCUT2D eigenvalue weighted by Gasteiger charge is -2.27. The largest absolute Gasteiger partial charge is 0.375 e. The molecule has 2 unspecified atom stereocenters. The van der Waals surface area contributed by atoms with Crippen LogP contribution in [0.5, 0.6) is 0 Å². The standard InChI is InChI=1S/C8H14N2O2/c1-12-5-8(11)10-4-6-2-7(10)3-9-6/h6-7,9H,2-5H2,1H3. The molecular formula is C8H14N2O2. The summed E-state index contributed by atoms with van der Waals surface area (Å²) >= 11 is 0. The minimum atomic E-state index is 0.131. The summed E-state index contributed by atoms with van der Waals surface area (Å²) < 4.78 is 4.81. The molecule has 0 spiro atoms. The predicted molar refractivity (Wildman–Crippen MR) is 43.8 cm³/mol. The van der Waals surface area contributed by atoms with Crippen LogP contribution in [0.2, 0.25) is 0 Å². The molecule has 0 aromatic heterocycles. The van der Waals surface area contributed by atoms with Gasteiger partial charge in [0.25, 0.3) is 0 Å². The fourth-order valence-corrected chi connectivity index (χ4v) is 2.07. The van der Waals surface area contributed by atoms with Crippen LogP contribution in [0.1, 0.15) is 6.42 Å². The van der Waals surface area contributed by atoms with Crippen molar-refractivity contribution >= 4 is 5.91 Å². The summed E-state index contributed by atoms with van der Waals surface area (Å²) in [5.41, 5.74) is 0. The number of carbonyl (C=O) groups is 1. The first-order valence-corrected chi connectivity index (χ1v) is 4.33. The molecule has 2 bridgehead atoms. The van der Waals surface area contributed by atoms with Crippen molar-refractivity contribution in [2.24, 2.45) is 0 Å². The fraction of sp³-hybridized carbons (Fsp3) is 0.875. The van der Waals surface area contributed by atoms with Gasteiger partial charge in [-0.05, 0) is 6.42 Å². The van der Waals surface area contributed by atoms with Crippen LogP contribution in [0.3, 0.4) is 0 Å². The number of fused-ring (bicyclic) bond motifs is 2. The Balaban J connectivity index is 1.93. The predicted octanol–water partition coefficient (Wildman–Crippen LogP) is -0.794. The lowest BCUT2D eigenvalue weighted by molar-refractivity contribution is -0.136. The highest BCUT2D eigenvalue weighted by molar-refractivity contribution is 5.78. The first kappa shape index (κ1) is 8.01. The number of nitrogens with zero attached hydrogens (tertiary/aromatic N) is 1. The van der Waals surface area contributed by atoms with Crippen molar-refractivity contribution in [2.75, 3.05) is 26.8 Å². The normalized spacial score (nSPS) is 32.9. The minimum Gasteiger partial charge on any atom is -0.375 e. The average molecular weight is 170 g/mol. The van der Waals surface area contributed by atoms with Crippen LogP contribution in [0, 0.1) is 0 Å². The zero-order valence-electron chi connectivity index (χ0n) is 7.25. The summed E-state index contributed by atoms with van der Waals surface area (Å²) in [6.07, 6.45) is 1.12. The number of hydrogen-bond acceptors (Lipinski definition) is 3. The van der Waals surface area contributed by atoms with E-state index in [1.807, 2.05) is 4.90 Å². The van der Waals surface area contributed by atoms with E-state index in [1.54, 1.807) is 7.11 Å². The zero-order chi connectivity index (χ0) is 8.55. The Hall–Kier alpha value is -0.610. The van der Waals surface area contributed by atoms with E-state index in [4.69, 9.17) is 4.74 Å². The third-order valence-electron chi connectivity index (χ3n) is 2.64. The Morgan fingerprint density at radius 2 is 2.58 bits per heavy atom. The van der Waals surface area contributed by atoms with Crippen molar-refractivity contribution in [1.29, 1.82) is 0 Å². The molecule has 4 nitrogen and oxygen atoms in total. The summed E-state index contributed by atoms with van der Waals surface area (Å²) in [6, 6.07) is 0.966. The number of likely N-dealkylation sites (tertiary alicyclic amines) is 1. The Morgan fingerprint density at radius 1 is 1.75 bits per heavy atom. The molecule has 0 aliphatic carbocycles. The minimum absolute atomic E-state index is 0.131. The van der Waals surface area contributed by atoms with Gasteiger partial charge < -0.3 is 15.0 Å². The van der Waals surface area contributed by atoms with Gasteiger partial charge in [0.2, 0.25) is 5.91 Å². The average Bonchev–Trinajstić information content (AvgIpc) is 2.64. The van der Waals surface area contributed by atoms with Crippen LogP contribution in [0.4, 0.5) is 0 Å². The third-order valence-corrected chi connectivity index (χ3v) is 2.64. The van der Waals surface area contributed by atoms with Crippen molar-refractivity contribution in [3.05, 3.63) is 0 Å². The maximum absolute atomic E-state index is 11.4. The molecule has 12 heavy (non-hydrogen) atoms. The number of nitrogens with one attached hydrogen (secondary N) is 1. The highest BCUT2D eigenvalue weighted by atomic mass is 16.5. The molecule has 0 saturated carbocycles. The summed E-state index contributed by atoms with van der Waals surface area (Å²) in [5.74, 6) is 0.131. The van der Waals surface area contributed by atoms with E-state index in [2.05, 4.69) is 5.32 Å². The first-order chi connectivity index (χ1) is 5.81. The maximum Gasteiger partial charge on any atom is 0.248 e. The van der Waals surface area contributed by atoms with Crippen molar-refractivity contribution in [1.82, 2.24) is 10.2 Å². The lowest BCUT2D eigenvalue weighted by atomic mass is 10.2. The lowest BCUT2D eigenvalue weighted by Crippen LogP contribution is -2.47. The third kappa shape index (κ3) is 1.21. The van der Waals surface area contributed by atoms with Crippen molar-refractivity contribution < 1.29 is 9.53 Å². The molecule has 2 aliphatic heterocycles. The Kier molecular flexibility index (Phi) is 2.02. The quantitative estimate of drug-likeness (QED) is 0.590. The second kappa shape index (κ2) is 3.03. The molecule has 2 heterocycles. The van der Waals surface area contributed by atoms with Gasteiger partial charge in [0.05, 0.1) is 0 Å². The molecule has 68 valence electrons. The molecule has 2 fully saturated rings. The van der Waals surface area contributed by atoms with E-state index in [-0.39, 0.29) is 12.5 Å². The summed E-state index contributed by atoms with van der Waals surface area (Å²) in [7, 11) is 1.56. The van der Waals surface area contributed by atoms with Crippen LogP contribution in [0.25, 0.3) is 0 Å². The van der Waals surface area contributed by atoms with Gasteiger partial charge in [-0.2, -0.15) is 0 Å².